The Morgan fingerprint density at radius 2 is 2.00 bits per heavy atom. The minimum atomic E-state index is -4.27. The molecule has 0 aromatic rings. The van der Waals surface area contributed by atoms with E-state index in [1.54, 1.807) is 6.92 Å². The van der Waals surface area contributed by atoms with Crippen molar-refractivity contribution in [1.82, 2.24) is 5.32 Å². The molecular formula is C6H8F3N. The van der Waals surface area contributed by atoms with E-state index in [4.69, 9.17) is 0 Å². The van der Waals surface area contributed by atoms with Crippen LogP contribution in [0.15, 0.2) is 0 Å². The van der Waals surface area contributed by atoms with Crippen molar-refractivity contribution in [1.29, 1.82) is 0 Å². The Hall–Kier alpha value is -0.690. The van der Waals surface area contributed by atoms with Crippen molar-refractivity contribution in [2.45, 2.75) is 19.6 Å². The van der Waals surface area contributed by atoms with Gasteiger partial charge < -0.3 is 0 Å². The molecule has 0 amide bonds. The van der Waals surface area contributed by atoms with Crippen LogP contribution in [0, 0.1) is 11.8 Å². The first-order valence-electron chi connectivity index (χ1n) is 2.77. The van der Waals surface area contributed by atoms with Crippen LogP contribution in [0.1, 0.15) is 13.3 Å². The zero-order chi connectivity index (χ0) is 8.04. The summed E-state index contributed by atoms with van der Waals surface area (Å²) < 4.78 is 34.0. The van der Waals surface area contributed by atoms with Crippen molar-refractivity contribution in [3.05, 3.63) is 0 Å². The normalized spacial score (nSPS) is 10.4. The highest BCUT2D eigenvalue weighted by atomic mass is 19.4. The van der Waals surface area contributed by atoms with Gasteiger partial charge in [-0.25, -0.2) is 5.32 Å². The summed E-state index contributed by atoms with van der Waals surface area (Å²) in [4.78, 5) is 0. The van der Waals surface area contributed by atoms with Crippen molar-refractivity contribution < 1.29 is 13.2 Å². The number of alkyl halides is 3. The predicted octanol–water partition coefficient (Wildman–Crippen LogP) is 1.51. The molecule has 1 N–H and O–H groups in total. The highest BCUT2D eigenvalue weighted by molar-refractivity contribution is 4.95. The van der Waals surface area contributed by atoms with Crippen LogP contribution in [-0.4, -0.2) is 12.8 Å². The second kappa shape index (κ2) is 4.18. The molecule has 0 atom stereocenters. The maximum Gasteiger partial charge on any atom is 0.457 e. The topological polar surface area (TPSA) is 12.0 Å². The summed E-state index contributed by atoms with van der Waals surface area (Å²) in [7, 11) is 0. The van der Waals surface area contributed by atoms with Crippen LogP contribution in [0.4, 0.5) is 13.2 Å². The van der Waals surface area contributed by atoms with E-state index < -0.39 is 6.30 Å². The molecule has 0 saturated heterocycles. The molecule has 0 saturated carbocycles. The Morgan fingerprint density at radius 3 is 2.40 bits per heavy atom. The second-order valence-corrected chi connectivity index (χ2v) is 1.60. The zero-order valence-electron chi connectivity index (χ0n) is 5.55. The van der Waals surface area contributed by atoms with Gasteiger partial charge in [0.15, 0.2) is 0 Å². The standard InChI is InChI=1S/C6H8F3N/c1-2-3-4-5-10-6(7,8)9/h10H,4-5H2,1H3. The number of nitrogens with one attached hydrogen (secondary N) is 1. The molecule has 0 aliphatic rings. The van der Waals surface area contributed by atoms with Gasteiger partial charge in [-0.1, -0.05) is 0 Å². The number of halogens is 3. The summed E-state index contributed by atoms with van der Waals surface area (Å²) in [5.74, 6) is 5.00. The van der Waals surface area contributed by atoms with Crippen molar-refractivity contribution in [3.63, 3.8) is 0 Å². The predicted molar refractivity (Wildman–Crippen MR) is 32.1 cm³/mol. The Kier molecular flexibility index (Phi) is 3.89. The molecule has 0 radical (unpaired) electrons. The fourth-order valence-electron chi connectivity index (χ4n) is 0.392. The maximum absolute atomic E-state index is 11.3. The molecule has 0 spiro atoms. The van der Waals surface area contributed by atoms with Gasteiger partial charge >= 0.3 is 6.30 Å². The van der Waals surface area contributed by atoms with Crippen LogP contribution in [0.5, 0.6) is 0 Å². The molecule has 1 nitrogen and oxygen atoms in total. The minimum Gasteiger partial charge on any atom is -0.227 e. The first kappa shape index (κ1) is 9.31. The summed E-state index contributed by atoms with van der Waals surface area (Å²) in [6.45, 7) is 1.46. The van der Waals surface area contributed by atoms with E-state index in [0.717, 1.165) is 0 Å². The third-order valence-electron chi connectivity index (χ3n) is 0.752. The average Bonchev–Trinajstić information content (AvgIpc) is 1.78. The first-order valence-corrected chi connectivity index (χ1v) is 2.77. The molecule has 10 heavy (non-hydrogen) atoms. The van der Waals surface area contributed by atoms with E-state index in [2.05, 4.69) is 11.8 Å². The van der Waals surface area contributed by atoms with Crippen LogP contribution >= 0.6 is 0 Å². The average molecular weight is 151 g/mol. The van der Waals surface area contributed by atoms with Gasteiger partial charge in [-0.2, -0.15) is 13.2 Å². The van der Waals surface area contributed by atoms with E-state index >= 15 is 0 Å². The monoisotopic (exact) mass is 151 g/mol. The Balaban J connectivity index is 3.26. The SMILES string of the molecule is CC#CCCNC(F)(F)F. The van der Waals surface area contributed by atoms with E-state index in [1.165, 1.54) is 5.32 Å². The maximum atomic E-state index is 11.3. The zero-order valence-corrected chi connectivity index (χ0v) is 5.55. The third-order valence-corrected chi connectivity index (χ3v) is 0.752. The van der Waals surface area contributed by atoms with E-state index in [9.17, 15) is 13.2 Å². The third kappa shape index (κ3) is 7.31. The van der Waals surface area contributed by atoms with Gasteiger partial charge in [0.25, 0.3) is 0 Å². The fraction of sp³-hybridized carbons (Fsp3) is 0.667. The van der Waals surface area contributed by atoms with Crippen molar-refractivity contribution in [2.24, 2.45) is 0 Å². The highest BCUT2D eigenvalue weighted by Gasteiger charge is 2.25. The molecule has 0 fully saturated rings. The van der Waals surface area contributed by atoms with Gasteiger partial charge in [0.1, 0.15) is 0 Å². The molecular weight excluding hydrogens is 143 g/mol. The lowest BCUT2D eigenvalue weighted by atomic mass is 10.4. The molecule has 58 valence electrons. The summed E-state index contributed by atoms with van der Waals surface area (Å²) >= 11 is 0. The summed E-state index contributed by atoms with van der Waals surface area (Å²) in [6, 6.07) is 0. The second-order valence-electron chi connectivity index (χ2n) is 1.60. The lowest BCUT2D eigenvalue weighted by Gasteiger charge is -2.04. The van der Waals surface area contributed by atoms with Crippen molar-refractivity contribution >= 4 is 0 Å². The Bertz CT molecular complexity index is 139. The molecule has 0 rings (SSSR count). The highest BCUT2D eigenvalue weighted by Crippen LogP contribution is 2.08. The number of hydrogen-bond donors (Lipinski definition) is 1. The van der Waals surface area contributed by atoms with E-state index in [-0.39, 0.29) is 13.0 Å². The van der Waals surface area contributed by atoms with E-state index in [1.807, 2.05) is 0 Å². The van der Waals surface area contributed by atoms with Crippen LogP contribution in [0.25, 0.3) is 0 Å². The number of hydrogen-bond acceptors (Lipinski definition) is 1. The smallest absolute Gasteiger partial charge is 0.227 e. The largest absolute Gasteiger partial charge is 0.457 e. The van der Waals surface area contributed by atoms with Gasteiger partial charge in [0.2, 0.25) is 0 Å². The van der Waals surface area contributed by atoms with Gasteiger partial charge in [-0.15, -0.1) is 11.8 Å². The van der Waals surface area contributed by atoms with Crippen LogP contribution in [0.2, 0.25) is 0 Å². The molecule has 0 aromatic carbocycles. The van der Waals surface area contributed by atoms with Crippen molar-refractivity contribution in [3.8, 4) is 11.8 Å². The molecule has 0 aliphatic carbocycles. The van der Waals surface area contributed by atoms with Crippen LogP contribution in [0.3, 0.4) is 0 Å². The van der Waals surface area contributed by atoms with Crippen LogP contribution in [-0.2, 0) is 0 Å². The summed E-state index contributed by atoms with van der Waals surface area (Å²) in [5, 5.41) is 1.35. The minimum absolute atomic E-state index is 0.135. The van der Waals surface area contributed by atoms with Crippen LogP contribution < -0.4 is 5.32 Å². The Labute approximate surface area is 57.6 Å². The molecule has 0 aromatic heterocycles. The quantitative estimate of drug-likeness (QED) is 0.358. The van der Waals surface area contributed by atoms with Crippen molar-refractivity contribution in [2.75, 3.05) is 6.54 Å². The first-order chi connectivity index (χ1) is 4.56. The molecule has 0 heterocycles. The lowest BCUT2D eigenvalue weighted by Crippen LogP contribution is -2.31. The summed E-state index contributed by atoms with van der Waals surface area (Å²) in [6.07, 6.45) is -4.04. The molecule has 0 bridgehead atoms. The van der Waals surface area contributed by atoms with E-state index in [0.29, 0.717) is 0 Å². The van der Waals surface area contributed by atoms with Gasteiger partial charge in [-0.3, -0.25) is 0 Å². The van der Waals surface area contributed by atoms with Gasteiger partial charge in [-0.05, 0) is 6.92 Å². The molecule has 0 unspecified atom stereocenters. The molecule has 0 aliphatic heterocycles. The summed E-state index contributed by atoms with van der Waals surface area (Å²) in [5.41, 5.74) is 0. The lowest BCUT2D eigenvalue weighted by molar-refractivity contribution is -0.156. The number of rotatable bonds is 2. The Morgan fingerprint density at radius 1 is 1.40 bits per heavy atom. The fourth-order valence-corrected chi connectivity index (χ4v) is 0.392. The van der Waals surface area contributed by atoms with Gasteiger partial charge in [0.05, 0.1) is 0 Å². The van der Waals surface area contributed by atoms with Gasteiger partial charge in [0, 0.05) is 13.0 Å². The molecule has 4 heteroatoms.